The van der Waals surface area contributed by atoms with E-state index in [-0.39, 0.29) is 6.04 Å². The molecule has 0 amide bonds. The van der Waals surface area contributed by atoms with Gasteiger partial charge < -0.3 is 5.73 Å². The van der Waals surface area contributed by atoms with Crippen LogP contribution in [0.25, 0.3) is 0 Å². The van der Waals surface area contributed by atoms with Gasteiger partial charge in [-0.2, -0.15) is 0 Å². The molecule has 0 aliphatic rings. The summed E-state index contributed by atoms with van der Waals surface area (Å²) in [7, 11) is 0. The van der Waals surface area contributed by atoms with Crippen molar-refractivity contribution < 1.29 is 0 Å². The second kappa shape index (κ2) is 6.67. The molecular formula is C15H15Cl2NS. The Balaban J connectivity index is 2.08. The van der Waals surface area contributed by atoms with Crippen molar-refractivity contribution in [3.05, 3.63) is 63.6 Å². The van der Waals surface area contributed by atoms with Crippen molar-refractivity contribution in [1.82, 2.24) is 0 Å². The zero-order valence-corrected chi connectivity index (χ0v) is 12.9. The molecule has 0 saturated heterocycles. The van der Waals surface area contributed by atoms with Crippen LogP contribution in [-0.2, 0) is 5.75 Å². The highest BCUT2D eigenvalue weighted by Gasteiger charge is 2.04. The molecule has 0 fully saturated rings. The summed E-state index contributed by atoms with van der Waals surface area (Å²) in [5.74, 6) is 0.818. The molecule has 2 rings (SSSR count). The average Bonchev–Trinajstić information content (AvgIpc) is 2.38. The fourth-order valence-electron chi connectivity index (χ4n) is 1.69. The first-order valence-electron chi connectivity index (χ1n) is 5.98. The molecule has 0 bridgehead atoms. The molecule has 2 aromatic rings. The fraction of sp³-hybridized carbons (Fsp3) is 0.200. The number of rotatable bonds is 4. The number of hydrogen-bond donors (Lipinski definition) is 1. The summed E-state index contributed by atoms with van der Waals surface area (Å²) < 4.78 is 0. The maximum Gasteiger partial charge on any atom is 0.0461 e. The second-order valence-corrected chi connectivity index (χ2v) is 6.28. The fourth-order valence-corrected chi connectivity index (χ4v) is 3.21. The Morgan fingerprint density at radius 2 is 1.95 bits per heavy atom. The van der Waals surface area contributed by atoms with Gasteiger partial charge in [-0.15, -0.1) is 11.8 Å². The average molecular weight is 312 g/mol. The van der Waals surface area contributed by atoms with Crippen molar-refractivity contribution in [3.8, 4) is 0 Å². The third-order valence-corrected chi connectivity index (χ3v) is 4.42. The predicted molar refractivity (Wildman–Crippen MR) is 85.1 cm³/mol. The van der Waals surface area contributed by atoms with Gasteiger partial charge in [0.2, 0.25) is 0 Å². The quantitative estimate of drug-likeness (QED) is 0.775. The minimum atomic E-state index is 0.0552. The standard InChI is InChI=1S/C15H15Cl2NS/c1-10(18)11-3-2-4-14(7-11)19-9-12-5-6-13(16)8-15(12)17/h2-8,10H,9,18H2,1H3. The topological polar surface area (TPSA) is 26.0 Å². The van der Waals surface area contributed by atoms with Crippen LogP contribution in [0.1, 0.15) is 24.1 Å². The molecule has 19 heavy (non-hydrogen) atoms. The van der Waals surface area contributed by atoms with E-state index < -0.39 is 0 Å². The molecule has 0 aliphatic carbocycles. The van der Waals surface area contributed by atoms with Crippen molar-refractivity contribution in [3.63, 3.8) is 0 Å². The lowest BCUT2D eigenvalue weighted by atomic mass is 10.1. The molecular weight excluding hydrogens is 297 g/mol. The largest absolute Gasteiger partial charge is 0.324 e. The van der Waals surface area contributed by atoms with Gasteiger partial charge in [-0.05, 0) is 42.3 Å². The van der Waals surface area contributed by atoms with Gasteiger partial charge in [-0.3, -0.25) is 0 Å². The van der Waals surface area contributed by atoms with E-state index in [4.69, 9.17) is 28.9 Å². The Hall–Kier alpha value is -0.670. The zero-order chi connectivity index (χ0) is 13.8. The molecule has 0 saturated carbocycles. The Morgan fingerprint density at radius 1 is 1.16 bits per heavy atom. The maximum atomic E-state index is 6.16. The number of benzene rings is 2. The van der Waals surface area contributed by atoms with Crippen LogP contribution in [0.15, 0.2) is 47.4 Å². The molecule has 2 N–H and O–H groups in total. The number of hydrogen-bond acceptors (Lipinski definition) is 2. The minimum absolute atomic E-state index is 0.0552. The van der Waals surface area contributed by atoms with Crippen LogP contribution >= 0.6 is 35.0 Å². The van der Waals surface area contributed by atoms with E-state index in [0.29, 0.717) is 10.0 Å². The summed E-state index contributed by atoms with van der Waals surface area (Å²) in [6.07, 6.45) is 0. The lowest BCUT2D eigenvalue weighted by Gasteiger charge is -2.09. The van der Waals surface area contributed by atoms with E-state index in [0.717, 1.165) is 16.9 Å². The molecule has 0 aliphatic heterocycles. The van der Waals surface area contributed by atoms with E-state index in [1.165, 1.54) is 4.90 Å². The van der Waals surface area contributed by atoms with Gasteiger partial charge in [-0.1, -0.05) is 41.4 Å². The first-order valence-corrected chi connectivity index (χ1v) is 7.72. The molecule has 0 aromatic heterocycles. The molecule has 1 atom stereocenters. The molecule has 1 unspecified atom stereocenters. The first kappa shape index (κ1) is 14.7. The van der Waals surface area contributed by atoms with E-state index >= 15 is 0 Å². The maximum absolute atomic E-state index is 6.16. The lowest BCUT2D eigenvalue weighted by Crippen LogP contribution is -2.04. The summed E-state index contributed by atoms with van der Waals surface area (Å²) in [6, 6.07) is 13.9. The van der Waals surface area contributed by atoms with Crippen LogP contribution in [0.2, 0.25) is 10.0 Å². The molecule has 0 radical (unpaired) electrons. The van der Waals surface area contributed by atoms with Crippen molar-refractivity contribution in [2.45, 2.75) is 23.6 Å². The number of thioether (sulfide) groups is 1. The van der Waals surface area contributed by atoms with Crippen LogP contribution in [-0.4, -0.2) is 0 Å². The highest BCUT2D eigenvalue weighted by atomic mass is 35.5. The summed E-state index contributed by atoms with van der Waals surface area (Å²) in [6.45, 7) is 1.99. The number of halogens is 2. The van der Waals surface area contributed by atoms with Gasteiger partial charge in [-0.25, -0.2) is 0 Å². The van der Waals surface area contributed by atoms with Gasteiger partial charge in [0.15, 0.2) is 0 Å². The Kier molecular flexibility index (Phi) is 5.17. The Bertz CT molecular complexity index is 570. The van der Waals surface area contributed by atoms with Gasteiger partial charge in [0, 0.05) is 26.7 Å². The van der Waals surface area contributed by atoms with Crippen LogP contribution in [0.4, 0.5) is 0 Å². The third-order valence-electron chi connectivity index (χ3n) is 2.79. The monoisotopic (exact) mass is 311 g/mol. The van der Waals surface area contributed by atoms with Crippen LogP contribution in [0, 0.1) is 0 Å². The molecule has 0 spiro atoms. The Morgan fingerprint density at radius 3 is 2.63 bits per heavy atom. The smallest absolute Gasteiger partial charge is 0.0461 e. The normalized spacial score (nSPS) is 12.4. The lowest BCUT2D eigenvalue weighted by molar-refractivity contribution is 0.815. The molecule has 4 heteroatoms. The zero-order valence-electron chi connectivity index (χ0n) is 10.6. The Labute approximate surface area is 128 Å². The highest BCUT2D eigenvalue weighted by molar-refractivity contribution is 7.98. The minimum Gasteiger partial charge on any atom is -0.324 e. The molecule has 1 nitrogen and oxygen atoms in total. The predicted octanol–water partition coefficient (Wildman–Crippen LogP) is 5.31. The summed E-state index contributed by atoms with van der Waals surface area (Å²) >= 11 is 13.8. The number of nitrogens with two attached hydrogens (primary N) is 1. The van der Waals surface area contributed by atoms with E-state index in [9.17, 15) is 0 Å². The third kappa shape index (κ3) is 4.15. The van der Waals surface area contributed by atoms with Crippen LogP contribution < -0.4 is 5.73 Å². The van der Waals surface area contributed by atoms with Crippen molar-refractivity contribution in [1.29, 1.82) is 0 Å². The van der Waals surface area contributed by atoms with Gasteiger partial charge in [0.05, 0.1) is 0 Å². The SMILES string of the molecule is CC(N)c1cccc(SCc2ccc(Cl)cc2Cl)c1. The van der Waals surface area contributed by atoms with E-state index in [1.54, 1.807) is 17.8 Å². The van der Waals surface area contributed by atoms with Gasteiger partial charge in [0.1, 0.15) is 0 Å². The summed E-state index contributed by atoms with van der Waals surface area (Å²) in [4.78, 5) is 1.20. The second-order valence-electron chi connectivity index (χ2n) is 4.39. The molecule has 100 valence electrons. The van der Waals surface area contributed by atoms with Crippen molar-refractivity contribution >= 4 is 35.0 Å². The van der Waals surface area contributed by atoms with Crippen LogP contribution in [0.3, 0.4) is 0 Å². The van der Waals surface area contributed by atoms with E-state index in [2.05, 4.69) is 12.1 Å². The molecule has 0 heterocycles. The van der Waals surface area contributed by atoms with Gasteiger partial charge >= 0.3 is 0 Å². The van der Waals surface area contributed by atoms with Crippen molar-refractivity contribution in [2.24, 2.45) is 5.73 Å². The highest BCUT2D eigenvalue weighted by Crippen LogP contribution is 2.29. The van der Waals surface area contributed by atoms with E-state index in [1.807, 2.05) is 31.2 Å². The van der Waals surface area contributed by atoms with Gasteiger partial charge in [0.25, 0.3) is 0 Å². The summed E-state index contributed by atoms with van der Waals surface area (Å²) in [5, 5.41) is 1.38. The van der Waals surface area contributed by atoms with Crippen molar-refractivity contribution in [2.75, 3.05) is 0 Å². The first-order chi connectivity index (χ1) is 9.06. The molecule has 2 aromatic carbocycles. The summed E-state index contributed by atoms with van der Waals surface area (Å²) in [5.41, 5.74) is 8.12. The van der Waals surface area contributed by atoms with Crippen LogP contribution in [0.5, 0.6) is 0 Å².